The normalized spacial score (nSPS) is 38.1. The van der Waals surface area contributed by atoms with Crippen molar-refractivity contribution in [3.63, 3.8) is 0 Å². The number of amides is 1. The van der Waals surface area contributed by atoms with Gasteiger partial charge in [-0.1, -0.05) is 12.8 Å². The van der Waals surface area contributed by atoms with E-state index in [-0.39, 0.29) is 17.6 Å². The fourth-order valence-corrected chi connectivity index (χ4v) is 4.11. The van der Waals surface area contributed by atoms with E-state index in [9.17, 15) is 9.90 Å². The fourth-order valence-electron chi connectivity index (χ4n) is 4.11. The first-order chi connectivity index (χ1) is 8.57. The number of nitrogens with two attached hydrogens (primary N) is 1. The summed E-state index contributed by atoms with van der Waals surface area (Å²) < 4.78 is 0. The fraction of sp³-hybridized carbons (Fsp3) is 0.929. The van der Waals surface area contributed by atoms with E-state index in [0.717, 1.165) is 51.6 Å². The Bertz CT molecular complexity index is 339. The summed E-state index contributed by atoms with van der Waals surface area (Å²) in [5.74, 6) is 1.06. The molecule has 18 heavy (non-hydrogen) atoms. The van der Waals surface area contributed by atoms with Gasteiger partial charge in [-0.05, 0) is 31.6 Å². The van der Waals surface area contributed by atoms with Gasteiger partial charge in [0.25, 0.3) is 0 Å². The van der Waals surface area contributed by atoms with E-state index in [1.165, 1.54) is 0 Å². The van der Waals surface area contributed by atoms with Crippen LogP contribution < -0.4 is 5.73 Å². The summed E-state index contributed by atoms with van der Waals surface area (Å²) in [4.78, 5) is 14.3. The molecule has 0 spiro atoms. The van der Waals surface area contributed by atoms with Gasteiger partial charge in [-0.15, -0.1) is 0 Å². The molecule has 3 N–H and O–H groups in total. The molecule has 1 heterocycles. The largest absolute Gasteiger partial charge is 0.393 e. The van der Waals surface area contributed by atoms with Crippen LogP contribution in [-0.4, -0.2) is 40.6 Å². The second kappa shape index (κ2) is 4.49. The van der Waals surface area contributed by atoms with Gasteiger partial charge in [-0.2, -0.15) is 0 Å². The number of carbonyl (C=O) groups excluding carboxylic acids is 1. The van der Waals surface area contributed by atoms with Gasteiger partial charge >= 0.3 is 0 Å². The van der Waals surface area contributed by atoms with Crippen molar-refractivity contribution in [3.8, 4) is 0 Å². The number of rotatable bonds is 2. The first-order valence-electron chi connectivity index (χ1n) is 7.32. The predicted molar refractivity (Wildman–Crippen MR) is 68.8 cm³/mol. The third-order valence-corrected chi connectivity index (χ3v) is 5.27. The van der Waals surface area contributed by atoms with Gasteiger partial charge in [0.15, 0.2) is 0 Å². The van der Waals surface area contributed by atoms with Crippen molar-refractivity contribution >= 4 is 5.91 Å². The van der Waals surface area contributed by atoms with Crippen LogP contribution in [0.25, 0.3) is 0 Å². The first-order valence-corrected chi connectivity index (χ1v) is 7.32. The summed E-state index contributed by atoms with van der Waals surface area (Å²) in [6.07, 6.45) is 6.60. The first kappa shape index (κ1) is 12.4. The van der Waals surface area contributed by atoms with Crippen LogP contribution in [0.4, 0.5) is 0 Å². The van der Waals surface area contributed by atoms with Gasteiger partial charge in [0.05, 0.1) is 6.10 Å². The SMILES string of the molecule is NC1(CC(=O)N2CC3CCC(O)C3C2)CCCC1. The number of carbonyl (C=O) groups is 1. The van der Waals surface area contributed by atoms with E-state index in [4.69, 9.17) is 5.73 Å². The Kier molecular flexibility index (Phi) is 3.10. The maximum Gasteiger partial charge on any atom is 0.224 e. The lowest BCUT2D eigenvalue weighted by atomic mass is 9.94. The molecule has 3 aliphatic rings. The van der Waals surface area contributed by atoms with Crippen molar-refractivity contribution in [3.05, 3.63) is 0 Å². The topological polar surface area (TPSA) is 66.6 Å². The molecule has 0 aromatic carbocycles. The highest BCUT2D eigenvalue weighted by Crippen LogP contribution is 2.39. The lowest BCUT2D eigenvalue weighted by Gasteiger charge is -2.26. The van der Waals surface area contributed by atoms with Crippen LogP contribution in [0.1, 0.15) is 44.9 Å². The zero-order valence-corrected chi connectivity index (χ0v) is 11.0. The predicted octanol–water partition coefficient (Wildman–Crippen LogP) is 0.877. The van der Waals surface area contributed by atoms with Gasteiger partial charge in [0.1, 0.15) is 0 Å². The summed E-state index contributed by atoms with van der Waals surface area (Å²) in [5, 5.41) is 9.87. The van der Waals surface area contributed by atoms with Gasteiger partial charge in [-0.3, -0.25) is 4.79 Å². The Morgan fingerprint density at radius 3 is 2.67 bits per heavy atom. The lowest BCUT2D eigenvalue weighted by Crippen LogP contribution is -2.43. The molecule has 0 aromatic heterocycles. The zero-order valence-electron chi connectivity index (χ0n) is 11.0. The van der Waals surface area contributed by atoms with Gasteiger partial charge in [0, 0.05) is 31.0 Å². The molecule has 0 bridgehead atoms. The minimum absolute atomic E-state index is 0.189. The highest BCUT2D eigenvalue weighted by Gasteiger charge is 2.44. The van der Waals surface area contributed by atoms with Crippen molar-refractivity contribution < 1.29 is 9.90 Å². The number of aliphatic hydroxyl groups is 1. The molecule has 0 radical (unpaired) electrons. The van der Waals surface area contributed by atoms with Crippen LogP contribution in [0.3, 0.4) is 0 Å². The van der Waals surface area contributed by atoms with Crippen LogP contribution >= 0.6 is 0 Å². The molecule has 2 saturated carbocycles. The molecular weight excluding hydrogens is 228 g/mol. The highest BCUT2D eigenvalue weighted by molar-refractivity contribution is 5.78. The van der Waals surface area contributed by atoms with Crippen LogP contribution in [0.15, 0.2) is 0 Å². The molecule has 2 aliphatic carbocycles. The molecular formula is C14H24N2O2. The number of aliphatic hydroxyl groups excluding tert-OH is 1. The molecule has 3 rings (SSSR count). The third-order valence-electron chi connectivity index (χ3n) is 5.27. The molecule has 3 fully saturated rings. The van der Waals surface area contributed by atoms with Crippen molar-refractivity contribution in [2.24, 2.45) is 17.6 Å². The summed E-state index contributed by atoms with van der Waals surface area (Å²) in [6, 6.07) is 0. The molecule has 4 nitrogen and oxygen atoms in total. The van der Waals surface area contributed by atoms with E-state index in [1.807, 2.05) is 4.90 Å². The van der Waals surface area contributed by atoms with E-state index in [2.05, 4.69) is 0 Å². The molecule has 0 aromatic rings. The average Bonchev–Trinajstić information content (AvgIpc) is 2.97. The van der Waals surface area contributed by atoms with Crippen LogP contribution in [0.5, 0.6) is 0 Å². The highest BCUT2D eigenvalue weighted by atomic mass is 16.3. The van der Waals surface area contributed by atoms with Crippen molar-refractivity contribution in [2.45, 2.75) is 56.6 Å². The number of hydrogen-bond acceptors (Lipinski definition) is 3. The van der Waals surface area contributed by atoms with E-state index in [1.54, 1.807) is 0 Å². The van der Waals surface area contributed by atoms with Crippen molar-refractivity contribution in [1.82, 2.24) is 4.90 Å². The Balaban J connectivity index is 1.58. The molecule has 1 aliphatic heterocycles. The monoisotopic (exact) mass is 252 g/mol. The molecule has 3 unspecified atom stereocenters. The molecule has 1 amide bonds. The summed E-state index contributed by atoms with van der Waals surface area (Å²) in [5.41, 5.74) is 6.03. The summed E-state index contributed by atoms with van der Waals surface area (Å²) in [6.45, 7) is 1.59. The van der Waals surface area contributed by atoms with Crippen LogP contribution in [0.2, 0.25) is 0 Å². The second-order valence-corrected chi connectivity index (χ2v) is 6.61. The second-order valence-electron chi connectivity index (χ2n) is 6.61. The zero-order chi connectivity index (χ0) is 12.8. The molecule has 102 valence electrons. The average molecular weight is 252 g/mol. The van der Waals surface area contributed by atoms with Gasteiger partial charge < -0.3 is 15.7 Å². The maximum atomic E-state index is 12.3. The quantitative estimate of drug-likeness (QED) is 0.766. The lowest BCUT2D eigenvalue weighted by molar-refractivity contribution is -0.131. The number of likely N-dealkylation sites (tertiary alicyclic amines) is 1. The standard InChI is InChI=1S/C14H24N2O2/c15-14(5-1-2-6-14)7-13(18)16-8-10-3-4-12(17)11(10)9-16/h10-12,17H,1-9,15H2. The van der Waals surface area contributed by atoms with E-state index < -0.39 is 0 Å². The minimum atomic E-state index is -0.243. The smallest absolute Gasteiger partial charge is 0.224 e. The summed E-state index contributed by atoms with van der Waals surface area (Å²) in [7, 11) is 0. The van der Waals surface area contributed by atoms with E-state index >= 15 is 0 Å². The Morgan fingerprint density at radius 1 is 1.28 bits per heavy atom. The van der Waals surface area contributed by atoms with Gasteiger partial charge in [-0.25, -0.2) is 0 Å². The minimum Gasteiger partial charge on any atom is -0.393 e. The number of hydrogen-bond donors (Lipinski definition) is 2. The Labute approximate surface area is 109 Å². The van der Waals surface area contributed by atoms with Crippen LogP contribution in [-0.2, 0) is 4.79 Å². The van der Waals surface area contributed by atoms with Crippen molar-refractivity contribution in [1.29, 1.82) is 0 Å². The van der Waals surface area contributed by atoms with Gasteiger partial charge in [0.2, 0.25) is 5.91 Å². The Hall–Kier alpha value is -0.610. The summed E-state index contributed by atoms with van der Waals surface area (Å²) >= 11 is 0. The number of fused-ring (bicyclic) bond motifs is 1. The molecule has 3 atom stereocenters. The molecule has 4 heteroatoms. The molecule has 1 saturated heterocycles. The Morgan fingerprint density at radius 2 is 2.00 bits per heavy atom. The van der Waals surface area contributed by atoms with E-state index in [0.29, 0.717) is 18.3 Å². The van der Waals surface area contributed by atoms with Crippen molar-refractivity contribution in [2.75, 3.05) is 13.1 Å². The van der Waals surface area contributed by atoms with Crippen LogP contribution in [0, 0.1) is 11.8 Å². The maximum absolute atomic E-state index is 12.3. The third kappa shape index (κ3) is 2.16. The number of nitrogens with zero attached hydrogens (tertiary/aromatic N) is 1.